The number of halogens is 4. The van der Waals surface area contributed by atoms with Crippen LogP contribution in [0.5, 0.6) is 11.5 Å². The summed E-state index contributed by atoms with van der Waals surface area (Å²) in [4.78, 5) is 16.3. The van der Waals surface area contributed by atoms with E-state index in [9.17, 15) is 18.0 Å². The third-order valence-corrected chi connectivity index (χ3v) is 4.73. The fraction of sp³-hybridized carbons (Fsp3) is 0.125. The second kappa shape index (κ2) is 10.8. The lowest BCUT2D eigenvalue weighted by Crippen LogP contribution is -2.23. The first-order valence-electron chi connectivity index (χ1n) is 10.1. The van der Waals surface area contributed by atoms with E-state index in [4.69, 9.17) is 21.7 Å². The number of ether oxygens (including phenoxy) is 1. The molecular formula is C24H20ClF3N4O2. The highest BCUT2D eigenvalue weighted by Crippen LogP contribution is 2.36. The first-order chi connectivity index (χ1) is 16.2. The topological polar surface area (TPSA) is 87.1 Å². The maximum Gasteiger partial charge on any atom is 0.417 e. The second-order valence-electron chi connectivity index (χ2n) is 6.97. The summed E-state index contributed by atoms with van der Waals surface area (Å²) in [5, 5.41) is 12.7. The van der Waals surface area contributed by atoms with Gasteiger partial charge >= 0.3 is 6.18 Å². The summed E-state index contributed by atoms with van der Waals surface area (Å²) < 4.78 is 44.8. The number of carbonyl (C=O) groups excluding carboxylic acids is 1. The number of nitrogens with zero attached hydrogens (tertiary/aromatic N) is 1. The molecule has 0 aliphatic carbocycles. The Bertz CT molecular complexity index is 1230. The summed E-state index contributed by atoms with van der Waals surface area (Å²) in [7, 11) is 0. The number of pyridine rings is 1. The van der Waals surface area contributed by atoms with Crippen LogP contribution in [0.3, 0.4) is 0 Å². The largest absolute Gasteiger partial charge is 0.457 e. The van der Waals surface area contributed by atoms with E-state index in [2.05, 4.69) is 15.6 Å². The fourth-order valence-corrected chi connectivity index (χ4v) is 3.10. The summed E-state index contributed by atoms with van der Waals surface area (Å²) in [6.45, 7) is 2.47. The third kappa shape index (κ3) is 6.82. The van der Waals surface area contributed by atoms with Gasteiger partial charge in [0.2, 0.25) is 5.91 Å². The molecule has 0 saturated carbocycles. The van der Waals surface area contributed by atoms with Crippen LogP contribution in [-0.2, 0) is 11.0 Å². The Morgan fingerprint density at radius 3 is 2.65 bits per heavy atom. The highest BCUT2D eigenvalue weighted by atomic mass is 35.5. The van der Waals surface area contributed by atoms with Gasteiger partial charge < -0.3 is 15.4 Å². The van der Waals surface area contributed by atoms with Crippen LogP contribution in [-0.4, -0.2) is 23.3 Å². The molecule has 34 heavy (non-hydrogen) atoms. The SMILES string of the molecule is CCNC(=N)c1cc(Oc2cccc(/C=C/C(=O)Nc3ccc(Cl)c(C(F)(F)F)c3)c2)ccn1. The van der Waals surface area contributed by atoms with Crippen molar-refractivity contribution in [3.8, 4) is 11.5 Å². The van der Waals surface area contributed by atoms with Gasteiger partial charge in [0.05, 0.1) is 10.6 Å². The van der Waals surface area contributed by atoms with Crippen LogP contribution in [0.2, 0.25) is 5.02 Å². The minimum Gasteiger partial charge on any atom is -0.457 e. The normalized spacial score (nSPS) is 11.3. The molecule has 3 rings (SSSR count). The van der Waals surface area contributed by atoms with Crippen LogP contribution in [0.25, 0.3) is 6.08 Å². The zero-order valence-corrected chi connectivity index (χ0v) is 18.7. The van der Waals surface area contributed by atoms with Gasteiger partial charge in [-0.05, 0) is 55.0 Å². The summed E-state index contributed by atoms with van der Waals surface area (Å²) in [6, 6.07) is 13.3. The van der Waals surface area contributed by atoms with Crippen molar-refractivity contribution in [3.05, 3.63) is 88.7 Å². The molecule has 6 nitrogen and oxygen atoms in total. The van der Waals surface area contributed by atoms with Gasteiger partial charge in [0, 0.05) is 30.6 Å². The van der Waals surface area contributed by atoms with Gasteiger partial charge in [-0.25, -0.2) is 0 Å². The monoisotopic (exact) mass is 488 g/mol. The summed E-state index contributed by atoms with van der Waals surface area (Å²) in [5.74, 6) is 0.540. The number of nitrogens with one attached hydrogen (secondary N) is 3. The van der Waals surface area contributed by atoms with Crippen LogP contribution in [0.1, 0.15) is 23.7 Å². The van der Waals surface area contributed by atoms with E-state index in [1.54, 1.807) is 36.4 Å². The molecule has 0 radical (unpaired) electrons. The number of carbonyl (C=O) groups is 1. The maximum absolute atomic E-state index is 13.0. The molecule has 0 atom stereocenters. The molecule has 2 aromatic carbocycles. The van der Waals surface area contributed by atoms with Gasteiger partial charge in [-0.15, -0.1) is 0 Å². The van der Waals surface area contributed by atoms with Gasteiger partial charge in [-0.3, -0.25) is 15.2 Å². The smallest absolute Gasteiger partial charge is 0.417 e. The van der Waals surface area contributed by atoms with Gasteiger partial charge in [0.25, 0.3) is 0 Å². The number of alkyl halides is 3. The average molecular weight is 489 g/mol. The zero-order valence-electron chi connectivity index (χ0n) is 17.9. The van der Waals surface area contributed by atoms with E-state index in [1.807, 2.05) is 6.92 Å². The van der Waals surface area contributed by atoms with Gasteiger partial charge in [-0.1, -0.05) is 23.7 Å². The molecule has 0 saturated heterocycles. The fourth-order valence-electron chi connectivity index (χ4n) is 2.87. The lowest BCUT2D eigenvalue weighted by atomic mass is 10.2. The predicted octanol–water partition coefficient (Wildman–Crippen LogP) is 6.13. The summed E-state index contributed by atoms with van der Waals surface area (Å²) in [5.41, 5.74) is 0.0121. The number of aromatic nitrogens is 1. The van der Waals surface area contributed by atoms with Crippen molar-refractivity contribution < 1.29 is 22.7 Å². The molecule has 0 unspecified atom stereocenters. The molecule has 0 aliphatic rings. The Kier molecular flexibility index (Phi) is 7.91. The first kappa shape index (κ1) is 24.8. The van der Waals surface area contributed by atoms with Crippen LogP contribution in [0, 0.1) is 5.41 Å². The van der Waals surface area contributed by atoms with Gasteiger partial charge in [0.15, 0.2) is 0 Å². The van der Waals surface area contributed by atoms with E-state index in [-0.39, 0.29) is 11.5 Å². The number of rotatable bonds is 7. The molecule has 10 heteroatoms. The van der Waals surface area contributed by atoms with Gasteiger partial charge in [0.1, 0.15) is 23.0 Å². The van der Waals surface area contributed by atoms with Crippen LogP contribution in [0.4, 0.5) is 18.9 Å². The van der Waals surface area contributed by atoms with Crippen molar-refractivity contribution in [1.82, 2.24) is 10.3 Å². The molecular weight excluding hydrogens is 469 g/mol. The molecule has 1 heterocycles. The molecule has 3 aromatic rings. The van der Waals surface area contributed by atoms with Crippen LogP contribution < -0.4 is 15.4 Å². The first-order valence-corrected chi connectivity index (χ1v) is 10.5. The van der Waals surface area contributed by atoms with Crippen molar-refractivity contribution in [1.29, 1.82) is 5.41 Å². The lowest BCUT2D eigenvalue weighted by molar-refractivity contribution is -0.137. The Morgan fingerprint density at radius 2 is 1.91 bits per heavy atom. The number of benzene rings is 2. The van der Waals surface area contributed by atoms with Crippen LogP contribution in [0.15, 0.2) is 66.9 Å². The second-order valence-corrected chi connectivity index (χ2v) is 7.38. The van der Waals surface area contributed by atoms with E-state index >= 15 is 0 Å². The summed E-state index contributed by atoms with van der Waals surface area (Å²) in [6.07, 6.45) is -0.396. The quantitative estimate of drug-likeness (QED) is 0.212. The summed E-state index contributed by atoms with van der Waals surface area (Å²) >= 11 is 5.59. The van der Waals surface area contributed by atoms with E-state index in [0.29, 0.717) is 29.3 Å². The van der Waals surface area contributed by atoms with Crippen LogP contribution >= 0.6 is 11.6 Å². The number of amidine groups is 1. The Hall–Kier alpha value is -3.85. The van der Waals surface area contributed by atoms with Crippen molar-refractivity contribution in [2.75, 3.05) is 11.9 Å². The highest BCUT2D eigenvalue weighted by molar-refractivity contribution is 6.31. The number of hydrogen-bond acceptors (Lipinski definition) is 4. The molecule has 0 fully saturated rings. The Morgan fingerprint density at radius 1 is 1.15 bits per heavy atom. The number of hydrogen-bond donors (Lipinski definition) is 3. The zero-order chi connectivity index (χ0) is 24.7. The van der Waals surface area contributed by atoms with Crippen molar-refractivity contribution >= 4 is 35.1 Å². The van der Waals surface area contributed by atoms with E-state index in [0.717, 1.165) is 12.1 Å². The predicted molar refractivity (Wildman–Crippen MR) is 125 cm³/mol. The Balaban J connectivity index is 1.68. The van der Waals surface area contributed by atoms with E-state index in [1.165, 1.54) is 24.4 Å². The number of anilines is 1. The highest BCUT2D eigenvalue weighted by Gasteiger charge is 2.33. The van der Waals surface area contributed by atoms with Gasteiger partial charge in [-0.2, -0.15) is 13.2 Å². The van der Waals surface area contributed by atoms with Crippen molar-refractivity contribution in [2.45, 2.75) is 13.1 Å². The van der Waals surface area contributed by atoms with E-state index < -0.39 is 22.7 Å². The minimum atomic E-state index is -4.63. The third-order valence-electron chi connectivity index (χ3n) is 4.40. The molecule has 0 spiro atoms. The maximum atomic E-state index is 13.0. The molecule has 1 amide bonds. The average Bonchev–Trinajstić information content (AvgIpc) is 2.79. The molecule has 176 valence electrons. The van der Waals surface area contributed by atoms with Crippen molar-refractivity contribution in [3.63, 3.8) is 0 Å². The lowest BCUT2D eigenvalue weighted by Gasteiger charge is -2.11. The molecule has 3 N–H and O–H groups in total. The molecule has 0 bridgehead atoms. The molecule has 1 aromatic heterocycles. The number of amides is 1. The van der Waals surface area contributed by atoms with Crippen molar-refractivity contribution in [2.24, 2.45) is 0 Å². The standard InChI is InChI=1S/C24H20ClF3N4O2/c1-2-30-23(29)21-14-18(10-11-31-21)34-17-5-3-4-15(12-17)6-9-22(33)32-16-7-8-20(25)19(13-16)24(26,27)28/h3-14H,2H2,1H3,(H2,29,30)(H,32,33)/b9-6+. The minimum absolute atomic E-state index is 0.0277. The molecule has 0 aliphatic heterocycles. The Labute approximate surface area is 198 Å².